The van der Waals surface area contributed by atoms with Crippen LogP contribution in [0.3, 0.4) is 0 Å². The first kappa shape index (κ1) is 16.3. The Morgan fingerprint density at radius 1 is 1.09 bits per heavy atom. The normalized spacial score (nSPS) is 15.1. The fourth-order valence-electron chi connectivity index (χ4n) is 2.63. The summed E-state index contributed by atoms with van der Waals surface area (Å²) in [4.78, 5) is 23.5. The highest BCUT2D eigenvalue weighted by Crippen LogP contribution is 2.17. The summed E-state index contributed by atoms with van der Waals surface area (Å²) in [5.74, 6) is -0.0955. The Morgan fingerprint density at radius 3 is 2.45 bits per heavy atom. The summed E-state index contributed by atoms with van der Waals surface area (Å²) in [5, 5.41) is 8.53. The molecule has 0 radical (unpaired) electrons. The molecule has 1 aliphatic carbocycles. The standard InChI is InChI=1S/C17H25N3O2/c1-13-7-9-15(10-8-13)19-16(21)11-12-18-17(22)20-14-5-3-2-4-6-14/h7-10,14H,2-6,11-12H2,1H3,(H,19,21)(H2,18,20,22). The van der Waals surface area contributed by atoms with Crippen molar-refractivity contribution in [3.8, 4) is 0 Å². The Balaban J connectivity index is 1.61. The van der Waals surface area contributed by atoms with E-state index in [4.69, 9.17) is 0 Å². The minimum absolute atomic E-state index is 0.0955. The Kier molecular flexibility index (Phi) is 6.25. The number of benzene rings is 1. The Hall–Kier alpha value is -2.04. The number of hydrogen-bond donors (Lipinski definition) is 3. The minimum atomic E-state index is -0.171. The first-order valence-corrected chi connectivity index (χ1v) is 8.04. The van der Waals surface area contributed by atoms with Gasteiger partial charge in [0.25, 0.3) is 0 Å². The zero-order valence-electron chi connectivity index (χ0n) is 13.2. The molecule has 120 valence electrons. The van der Waals surface area contributed by atoms with Crippen LogP contribution < -0.4 is 16.0 Å². The van der Waals surface area contributed by atoms with Crippen molar-refractivity contribution in [3.63, 3.8) is 0 Å². The second-order valence-corrected chi connectivity index (χ2v) is 5.90. The summed E-state index contributed by atoms with van der Waals surface area (Å²) < 4.78 is 0. The second-order valence-electron chi connectivity index (χ2n) is 5.90. The molecule has 5 nitrogen and oxygen atoms in total. The van der Waals surface area contributed by atoms with Gasteiger partial charge in [-0.1, -0.05) is 37.0 Å². The number of urea groups is 1. The lowest BCUT2D eigenvalue weighted by Crippen LogP contribution is -2.43. The van der Waals surface area contributed by atoms with E-state index in [2.05, 4.69) is 16.0 Å². The maximum Gasteiger partial charge on any atom is 0.315 e. The van der Waals surface area contributed by atoms with Crippen molar-refractivity contribution >= 4 is 17.6 Å². The number of hydrogen-bond acceptors (Lipinski definition) is 2. The summed E-state index contributed by atoms with van der Waals surface area (Å²) in [5.41, 5.74) is 1.93. The molecule has 1 aromatic carbocycles. The van der Waals surface area contributed by atoms with Gasteiger partial charge >= 0.3 is 6.03 Å². The van der Waals surface area contributed by atoms with Gasteiger partial charge in [-0.25, -0.2) is 4.79 Å². The molecule has 2 rings (SSSR count). The van der Waals surface area contributed by atoms with Gasteiger partial charge in [-0.05, 0) is 31.9 Å². The van der Waals surface area contributed by atoms with E-state index in [1.54, 1.807) is 0 Å². The zero-order valence-corrected chi connectivity index (χ0v) is 13.2. The van der Waals surface area contributed by atoms with Crippen molar-refractivity contribution in [1.29, 1.82) is 0 Å². The van der Waals surface area contributed by atoms with Gasteiger partial charge in [-0.2, -0.15) is 0 Å². The molecule has 0 spiro atoms. The van der Waals surface area contributed by atoms with E-state index in [0.29, 0.717) is 6.54 Å². The van der Waals surface area contributed by atoms with Crippen LogP contribution in [0.15, 0.2) is 24.3 Å². The molecule has 0 unspecified atom stereocenters. The number of aryl methyl sites for hydroxylation is 1. The Bertz CT molecular complexity index is 493. The summed E-state index contributed by atoms with van der Waals surface area (Å²) in [6, 6.07) is 7.76. The van der Waals surface area contributed by atoms with Crippen LogP contribution in [0.2, 0.25) is 0 Å². The van der Waals surface area contributed by atoms with Gasteiger partial charge in [0.2, 0.25) is 5.91 Å². The zero-order chi connectivity index (χ0) is 15.8. The monoisotopic (exact) mass is 303 g/mol. The Morgan fingerprint density at radius 2 is 1.77 bits per heavy atom. The van der Waals surface area contributed by atoms with E-state index in [9.17, 15) is 9.59 Å². The number of carbonyl (C=O) groups excluding carboxylic acids is 2. The van der Waals surface area contributed by atoms with E-state index in [0.717, 1.165) is 24.1 Å². The lowest BCUT2D eigenvalue weighted by molar-refractivity contribution is -0.116. The summed E-state index contributed by atoms with van der Waals surface area (Å²) in [6.45, 7) is 2.34. The molecule has 5 heteroatoms. The highest BCUT2D eigenvalue weighted by Gasteiger charge is 2.15. The van der Waals surface area contributed by atoms with Crippen molar-refractivity contribution in [1.82, 2.24) is 10.6 Å². The molecular formula is C17H25N3O2. The van der Waals surface area contributed by atoms with Gasteiger partial charge in [0.15, 0.2) is 0 Å². The highest BCUT2D eigenvalue weighted by atomic mass is 16.2. The number of rotatable bonds is 5. The number of amides is 3. The second kappa shape index (κ2) is 8.41. The lowest BCUT2D eigenvalue weighted by Gasteiger charge is -2.22. The smallest absolute Gasteiger partial charge is 0.315 e. The molecule has 0 aromatic heterocycles. The molecule has 1 fully saturated rings. The van der Waals surface area contributed by atoms with Gasteiger partial charge in [-0.15, -0.1) is 0 Å². The quantitative estimate of drug-likeness (QED) is 0.782. The predicted molar refractivity (Wildman–Crippen MR) is 87.8 cm³/mol. The molecular weight excluding hydrogens is 278 g/mol. The predicted octanol–water partition coefficient (Wildman–Crippen LogP) is 2.96. The molecule has 22 heavy (non-hydrogen) atoms. The van der Waals surface area contributed by atoms with Gasteiger partial charge < -0.3 is 16.0 Å². The van der Waals surface area contributed by atoms with Crippen molar-refractivity contribution in [2.24, 2.45) is 0 Å². The van der Waals surface area contributed by atoms with Crippen LogP contribution in [0.25, 0.3) is 0 Å². The van der Waals surface area contributed by atoms with E-state index in [1.807, 2.05) is 31.2 Å². The average Bonchev–Trinajstić information content (AvgIpc) is 2.50. The van der Waals surface area contributed by atoms with Crippen molar-refractivity contribution in [2.75, 3.05) is 11.9 Å². The maximum absolute atomic E-state index is 11.8. The highest BCUT2D eigenvalue weighted by molar-refractivity contribution is 5.91. The number of anilines is 1. The minimum Gasteiger partial charge on any atom is -0.338 e. The van der Waals surface area contributed by atoms with Crippen molar-refractivity contribution < 1.29 is 9.59 Å². The summed E-state index contributed by atoms with van der Waals surface area (Å²) in [7, 11) is 0. The molecule has 0 atom stereocenters. The molecule has 0 aliphatic heterocycles. The largest absolute Gasteiger partial charge is 0.338 e. The molecule has 1 aromatic rings. The van der Waals surface area contributed by atoms with Crippen LogP contribution in [-0.4, -0.2) is 24.5 Å². The number of carbonyl (C=O) groups is 2. The third-order valence-electron chi connectivity index (χ3n) is 3.91. The first-order chi connectivity index (χ1) is 10.6. The Labute approximate surface area is 131 Å². The van der Waals surface area contributed by atoms with Gasteiger partial charge in [-0.3, -0.25) is 4.79 Å². The number of nitrogens with one attached hydrogen (secondary N) is 3. The van der Waals surface area contributed by atoms with Crippen LogP contribution >= 0.6 is 0 Å². The van der Waals surface area contributed by atoms with Crippen molar-refractivity contribution in [3.05, 3.63) is 29.8 Å². The van der Waals surface area contributed by atoms with Gasteiger partial charge in [0, 0.05) is 24.7 Å². The molecule has 1 aliphatic rings. The molecule has 0 heterocycles. The van der Waals surface area contributed by atoms with E-state index in [1.165, 1.54) is 19.3 Å². The first-order valence-electron chi connectivity index (χ1n) is 8.04. The van der Waals surface area contributed by atoms with Crippen LogP contribution in [0.5, 0.6) is 0 Å². The van der Waals surface area contributed by atoms with E-state index < -0.39 is 0 Å². The topological polar surface area (TPSA) is 70.2 Å². The summed E-state index contributed by atoms with van der Waals surface area (Å²) >= 11 is 0. The van der Waals surface area contributed by atoms with Crippen LogP contribution in [-0.2, 0) is 4.79 Å². The van der Waals surface area contributed by atoms with E-state index >= 15 is 0 Å². The molecule has 1 saturated carbocycles. The average molecular weight is 303 g/mol. The van der Waals surface area contributed by atoms with Crippen LogP contribution in [0, 0.1) is 6.92 Å². The molecule has 3 amide bonds. The third kappa shape index (κ3) is 5.76. The molecule has 3 N–H and O–H groups in total. The van der Waals surface area contributed by atoms with Gasteiger partial charge in [0.1, 0.15) is 0 Å². The molecule has 0 saturated heterocycles. The fraction of sp³-hybridized carbons (Fsp3) is 0.529. The molecule has 0 bridgehead atoms. The third-order valence-corrected chi connectivity index (χ3v) is 3.91. The van der Waals surface area contributed by atoms with Gasteiger partial charge in [0.05, 0.1) is 0 Å². The SMILES string of the molecule is Cc1ccc(NC(=O)CCNC(=O)NC2CCCCC2)cc1. The lowest BCUT2D eigenvalue weighted by atomic mass is 9.96. The van der Waals surface area contributed by atoms with E-state index in [-0.39, 0.29) is 24.4 Å². The maximum atomic E-state index is 11.8. The summed E-state index contributed by atoms with van der Waals surface area (Å²) in [6.07, 6.45) is 6.02. The fourth-order valence-corrected chi connectivity index (χ4v) is 2.63. The van der Waals surface area contributed by atoms with Crippen LogP contribution in [0.4, 0.5) is 10.5 Å². The van der Waals surface area contributed by atoms with Crippen LogP contribution in [0.1, 0.15) is 44.1 Å². The van der Waals surface area contributed by atoms with Crippen molar-refractivity contribution in [2.45, 2.75) is 51.5 Å².